The quantitative estimate of drug-likeness (QED) is 0.575. The average Bonchev–Trinajstić information content (AvgIpc) is 2.54. The van der Waals surface area contributed by atoms with Gasteiger partial charge in [0, 0.05) is 6.04 Å². The number of benzene rings is 2. The topological polar surface area (TPSA) is 47.3 Å². The molecule has 0 aliphatic heterocycles. The summed E-state index contributed by atoms with van der Waals surface area (Å²) in [6.45, 7) is 2.68. The Morgan fingerprint density at radius 2 is 1.76 bits per heavy atom. The molecule has 0 fully saturated rings. The van der Waals surface area contributed by atoms with Gasteiger partial charge in [0.15, 0.2) is 0 Å². The Balaban J connectivity index is 1.87. The van der Waals surface area contributed by atoms with E-state index in [1.54, 1.807) is 0 Å². The molecule has 2 aromatic rings. The van der Waals surface area contributed by atoms with Crippen LogP contribution in [0, 0.1) is 0 Å². The van der Waals surface area contributed by atoms with Gasteiger partial charge in [0.25, 0.3) is 0 Å². The van der Waals surface area contributed by atoms with E-state index in [0.29, 0.717) is 6.61 Å². The Morgan fingerprint density at radius 3 is 2.38 bits per heavy atom. The van der Waals surface area contributed by atoms with Crippen molar-refractivity contribution >= 4 is 0 Å². The molecule has 0 spiro atoms. The summed E-state index contributed by atoms with van der Waals surface area (Å²) in [5.74, 6) is 6.60. The van der Waals surface area contributed by atoms with Crippen LogP contribution in [-0.4, -0.2) is 6.61 Å². The van der Waals surface area contributed by atoms with Crippen molar-refractivity contribution in [1.29, 1.82) is 0 Å². The van der Waals surface area contributed by atoms with Crippen molar-refractivity contribution in [2.24, 2.45) is 5.84 Å². The first kappa shape index (κ1) is 15.5. The fourth-order valence-corrected chi connectivity index (χ4v) is 2.46. The van der Waals surface area contributed by atoms with Gasteiger partial charge in [-0.25, -0.2) is 0 Å². The summed E-state index contributed by atoms with van der Waals surface area (Å²) < 4.78 is 5.46. The number of hydrazine groups is 1. The normalized spacial score (nSPS) is 12.1. The molecule has 0 radical (unpaired) electrons. The highest BCUT2D eigenvalue weighted by atomic mass is 16.5. The van der Waals surface area contributed by atoms with Crippen LogP contribution < -0.4 is 16.0 Å². The second kappa shape index (κ2) is 8.45. The van der Waals surface area contributed by atoms with Crippen LogP contribution >= 0.6 is 0 Å². The largest absolute Gasteiger partial charge is 0.494 e. The summed E-state index contributed by atoms with van der Waals surface area (Å²) in [6, 6.07) is 18.9. The zero-order chi connectivity index (χ0) is 14.9. The van der Waals surface area contributed by atoms with Crippen LogP contribution in [0.25, 0.3) is 0 Å². The molecule has 3 heteroatoms. The van der Waals surface area contributed by atoms with Crippen molar-refractivity contribution in [3.8, 4) is 5.75 Å². The molecule has 0 saturated carbocycles. The SMILES string of the molecule is CCOc1ccc(C(CCCc2ccccc2)NN)cc1. The van der Waals surface area contributed by atoms with Gasteiger partial charge in [-0.05, 0) is 49.4 Å². The maximum Gasteiger partial charge on any atom is 0.119 e. The molecule has 3 N–H and O–H groups in total. The minimum Gasteiger partial charge on any atom is -0.494 e. The fraction of sp³-hybridized carbons (Fsp3) is 0.333. The molecule has 0 aliphatic carbocycles. The summed E-state index contributed by atoms with van der Waals surface area (Å²) in [5.41, 5.74) is 5.49. The second-order valence-corrected chi connectivity index (χ2v) is 5.10. The Labute approximate surface area is 127 Å². The van der Waals surface area contributed by atoms with E-state index in [1.807, 2.05) is 25.1 Å². The van der Waals surface area contributed by atoms with Crippen LogP contribution in [0.2, 0.25) is 0 Å². The highest BCUT2D eigenvalue weighted by Gasteiger charge is 2.09. The van der Waals surface area contributed by atoms with Crippen LogP contribution in [0.1, 0.15) is 36.9 Å². The Hall–Kier alpha value is -1.84. The molecule has 0 heterocycles. The van der Waals surface area contributed by atoms with Crippen LogP contribution in [0.5, 0.6) is 5.75 Å². The second-order valence-electron chi connectivity index (χ2n) is 5.10. The third-order valence-electron chi connectivity index (χ3n) is 3.60. The van der Waals surface area contributed by atoms with Crippen molar-refractivity contribution < 1.29 is 4.74 Å². The van der Waals surface area contributed by atoms with Crippen molar-refractivity contribution in [2.75, 3.05) is 6.61 Å². The van der Waals surface area contributed by atoms with Gasteiger partial charge in [0.1, 0.15) is 5.75 Å². The van der Waals surface area contributed by atoms with E-state index >= 15 is 0 Å². The van der Waals surface area contributed by atoms with Gasteiger partial charge in [0.2, 0.25) is 0 Å². The average molecular weight is 284 g/mol. The highest BCUT2D eigenvalue weighted by molar-refractivity contribution is 5.29. The van der Waals surface area contributed by atoms with E-state index in [1.165, 1.54) is 11.1 Å². The maximum absolute atomic E-state index is 5.70. The highest BCUT2D eigenvalue weighted by Crippen LogP contribution is 2.21. The van der Waals surface area contributed by atoms with E-state index in [9.17, 15) is 0 Å². The van der Waals surface area contributed by atoms with Crippen LogP contribution in [0.15, 0.2) is 54.6 Å². The maximum atomic E-state index is 5.70. The number of ether oxygens (including phenoxy) is 1. The van der Waals surface area contributed by atoms with Crippen LogP contribution in [0.3, 0.4) is 0 Å². The summed E-state index contributed by atoms with van der Waals surface area (Å²) in [6.07, 6.45) is 3.20. The van der Waals surface area contributed by atoms with Gasteiger partial charge in [-0.3, -0.25) is 11.3 Å². The summed E-state index contributed by atoms with van der Waals surface area (Å²) in [4.78, 5) is 0. The first-order chi connectivity index (χ1) is 10.3. The van der Waals surface area contributed by atoms with Crippen molar-refractivity contribution in [2.45, 2.75) is 32.2 Å². The number of hydrogen-bond donors (Lipinski definition) is 2. The molecule has 1 atom stereocenters. The van der Waals surface area contributed by atoms with Gasteiger partial charge >= 0.3 is 0 Å². The molecule has 2 rings (SSSR count). The molecule has 3 nitrogen and oxygen atoms in total. The summed E-state index contributed by atoms with van der Waals surface area (Å²) in [7, 11) is 0. The van der Waals surface area contributed by atoms with Gasteiger partial charge < -0.3 is 4.74 Å². The van der Waals surface area contributed by atoms with Crippen molar-refractivity contribution in [3.63, 3.8) is 0 Å². The predicted octanol–water partition coefficient (Wildman–Crippen LogP) is 3.61. The molecule has 0 saturated heterocycles. The summed E-state index contributed by atoms with van der Waals surface area (Å²) in [5, 5.41) is 0. The van der Waals surface area contributed by atoms with E-state index in [2.05, 4.69) is 41.8 Å². The lowest BCUT2D eigenvalue weighted by Gasteiger charge is -2.16. The van der Waals surface area contributed by atoms with Gasteiger partial charge in [0.05, 0.1) is 6.61 Å². The number of hydrogen-bond acceptors (Lipinski definition) is 3. The Kier molecular flexibility index (Phi) is 6.25. The van der Waals surface area contributed by atoms with Gasteiger partial charge in [-0.15, -0.1) is 0 Å². The Bertz CT molecular complexity index is 511. The lowest BCUT2D eigenvalue weighted by atomic mass is 9.99. The van der Waals surface area contributed by atoms with E-state index < -0.39 is 0 Å². The monoisotopic (exact) mass is 284 g/mol. The van der Waals surface area contributed by atoms with Crippen molar-refractivity contribution in [3.05, 3.63) is 65.7 Å². The molecule has 21 heavy (non-hydrogen) atoms. The number of rotatable bonds is 8. The molecule has 1 unspecified atom stereocenters. The molecule has 0 amide bonds. The predicted molar refractivity (Wildman–Crippen MR) is 87.1 cm³/mol. The smallest absolute Gasteiger partial charge is 0.119 e. The van der Waals surface area contributed by atoms with Gasteiger partial charge in [-0.2, -0.15) is 0 Å². The molecule has 0 bridgehead atoms. The molecule has 0 aliphatic rings. The third kappa shape index (κ3) is 4.88. The molecular formula is C18H24N2O. The first-order valence-corrected chi connectivity index (χ1v) is 7.56. The zero-order valence-corrected chi connectivity index (χ0v) is 12.6. The molecular weight excluding hydrogens is 260 g/mol. The lowest BCUT2D eigenvalue weighted by Crippen LogP contribution is -2.28. The summed E-state index contributed by atoms with van der Waals surface area (Å²) >= 11 is 0. The molecule has 2 aromatic carbocycles. The van der Waals surface area contributed by atoms with E-state index in [4.69, 9.17) is 10.6 Å². The zero-order valence-electron chi connectivity index (χ0n) is 12.6. The van der Waals surface area contributed by atoms with Gasteiger partial charge in [-0.1, -0.05) is 42.5 Å². The third-order valence-corrected chi connectivity index (χ3v) is 3.60. The molecule has 0 aromatic heterocycles. The number of aryl methyl sites for hydroxylation is 1. The lowest BCUT2D eigenvalue weighted by molar-refractivity contribution is 0.340. The number of nitrogens with one attached hydrogen (secondary N) is 1. The minimum absolute atomic E-state index is 0.185. The van der Waals surface area contributed by atoms with Crippen molar-refractivity contribution in [1.82, 2.24) is 5.43 Å². The van der Waals surface area contributed by atoms with E-state index in [0.717, 1.165) is 25.0 Å². The standard InChI is InChI=1S/C18H24N2O/c1-2-21-17-13-11-16(12-14-17)18(20-19)10-6-9-15-7-4-3-5-8-15/h3-5,7-8,11-14,18,20H,2,6,9-10,19H2,1H3. The van der Waals surface area contributed by atoms with Crippen LogP contribution in [0.4, 0.5) is 0 Å². The fourth-order valence-electron chi connectivity index (χ4n) is 2.46. The van der Waals surface area contributed by atoms with Crippen LogP contribution in [-0.2, 0) is 6.42 Å². The first-order valence-electron chi connectivity index (χ1n) is 7.56. The molecule has 112 valence electrons. The minimum atomic E-state index is 0.185. The van der Waals surface area contributed by atoms with E-state index in [-0.39, 0.29) is 6.04 Å². The number of nitrogens with two attached hydrogens (primary N) is 1. The Morgan fingerprint density at radius 1 is 1.05 bits per heavy atom.